The molecule has 1 aromatic carbocycles. The minimum Gasteiger partial charge on any atom is -0.497 e. The minimum absolute atomic E-state index is 0.0328. The van der Waals surface area contributed by atoms with Crippen LogP contribution in [0.25, 0.3) is 0 Å². The smallest absolute Gasteiger partial charge is 0.237 e. The lowest BCUT2D eigenvalue weighted by molar-refractivity contribution is -0.136. The van der Waals surface area contributed by atoms with Crippen molar-refractivity contribution in [3.63, 3.8) is 0 Å². The number of aliphatic hydroxyl groups excluding tert-OH is 1. The number of rotatable bonds is 13. The van der Waals surface area contributed by atoms with E-state index in [0.29, 0.717) is 26.2 Å². The van der Waals surface area contributed by atoms with Crippen molar-refractivity contribution in [2.45, 2.75) is 31.9 Å². The second-order valence-electron chi connectivity index (χ2n) is 8.25. The number of hydrogen-bond acceptors (Lipinski definition) is 7. The first-order valence-electron chi connectivity index (χ1n) is 11.6. The number of amides is 1. The van der Waals surface area contributed by atoms with Gasteiger partial charge in [-0.05, 0) is 60.7 Å². The summed E-state index contributed by atoms with van der Waals surface area (Å²) in [5.74, 6) is 3.93. The van der Waals surface area contributed by atoms with Gasteiger partial charge in [-0.3, -0.25) is 9.69 Å². The quantitative estimate of drug-likeness (QED) is 0.347. The van der Waals surface area contributed by atoms with Crippen LogP contribution in [-0.4, -0.2) is 80.0 Å². The van der Waals surface area contributed by atoms with Crippen molar-refractivity contribution < 1.29 is 24.1 Å². The third-order valence-electron chi connectivity index (χ3n) is 5.75. The number of carbonyl (C=O) groups is 1. The molecule has 0 bridgehead atoms. The molecule has 7 nitrogen and oxygen atoms in total. The summed E-state index contributed by atoms with van der Waals surface area (Å²) < 4.78 is 16.6. The van der Waals surface area contributed by atoms with Gasteiger partial charge in [-0.2, -0.15) is 0 Å². The van der Waals surface area contributed by atoms with Crippen LogP contribution in [0.2, 0.25) is 0 Å². The maximum Gasteiger partial charge on any atom is 0.237 e. The van der Waals surface area contributed by atoms with Gasteiger partial charge in [-0.25, -0.2) is 0 Å². The molecule has 0 saturated carbocycles. The molecule has 1 aromatic heterocycles. The fourth-order valence-corrected chi connectivity index (χ4v) is 5.09. The molecule has 0 fully saturated rings. The summed E-state index contributed by atoms with van der Waals surface area (Å²) in [5.41, 5.74) is 1.16. The first kappa shape index (κ1) is 26.0. The average Bonchev–Trinajstić information content (AvgIpc) is 3.32. The molecule has 3 rings (SSSR count). The fraction of sp³-hybridized carbons (Fsp3) is 0.500. The lowest BCUT2D eigenvalue weighted by Crippen LogP contribution is -2.48. The van der Waals surface area contributed by atoms with Crippen LogP contribution in [0.5, 0.6) is 11.5 Å². The van der Waals surface area contributed by atoms with Gasteiger partial charge in [0.2, 0.25) is 5.91 Å². The standard InChI is InChI=1S/C26H34N2O5S/c1-4-12-27(16-20(29)18-32-14-5-2)17-26(30)28-13-10-25-23(11-15-34-25)24(28)19-33-22-8-6-21(31-3)7-9-22/h2,6-9,11,15,20,24,29H,4,10,12-14,16-19H2,1,3H3. The summed E-state index contributed by atoms with van der Waals surface area (Å²) in [4.78, 5) is 18.6. The second kappa shape index (κ2) is 13.4. The highest BCUT2D eigenvalue weighted by atomic mass is 32.1. The third-order valence-corrected chi connectivity index (χ3v) is 6.74. The predicted octanol–water partition coefficient (Wildman–Crippen LogP) is 2.98. The zero-order chi connectivity index (χ0) is 24.3. The summed E-state index contributed by atoms with van der Waals surface area (Å²) in [7, 11) is 1.63. The molecule has 1 aliphatic rings. The number of nitrogens with zero attached hydrogens (tertiary/aromatic N) is 2. The SMILES string of the molecule is C#CCOCC(O)CN(CCC)CC(=O)N1CCc2sccc2C1COc1ccc(OC)cc1. The van der Waals surface area contributed by atoms with E-state index in [1.54, 1.807) is 18.4 Å². The van der Waals surface area contributed by atoms with Gasteiger partial charge in [-0.15, -0.1) is 17.8 Å². The highest BCUT2D eigenvalue weighted by Crippen LogP contribution is 2.34. The number of ether oxygens (including phenoxy) is 3. The first-order valence-corrected chi connectivity index (χ1v) is 12.5. The minimum atomic E-state index is -0.702. The predicted molar refractivity (Wildman–Crippen MR) is 133 cm³/mol. The molecule has 34 heavy (non-hydrogen) atoms. The van der Waals surface area contributed by atoms with E-state index in [4.69, 9.17) is 20.6 Å². The van der Waals surface area contributed by atoms with E-state index in [2.05, 4.69) is 24.3 Å². The van der Waals surface area contributed by atoms with E-state index < -0.39 is 6.10 Å². The van der Waals surface area contributed by atoms with Crippen molar-refractivity contribution in [1.82, 2.24) is 9.80 Å². The first-order chi connectivity index (χ1) is 16.5. The van der Waals surface area contributed by atoms with Gasteiger partial charge in [0.05, 0.1) is 32.4 Å². The summed E-state index contributed by atoms with van der Waals surface area (Å²) in [6.45, 7) is 4.70. The molecule has 0 radical (unpaired) electrons. The van der Waals surface area contributed by atoms with Crippen molar-refractivity contribution >= 4 is 17.2 Å². The molecule has 1 aliphatic heterocycles. The van der Waals surface area contributed by atoms with Crippen LogP contribution in [0.3, 0.4) is 0 Å². The van der Waals surface area contributed by atoms with Crippen LogP contribution in [0.4, 0.5) is 0 Å². The Kier molecular flexibility index (Phi) is 10.2. The molecule has 184 valence electrons. The molecule has 0 spiro atoms. The topological polar surface area (TPSA) is 71.5 Å². The monoisotopic (exact) mass is 486 g/mol. The molecule has 2 aromatic rings. The van der Waals surface area contributed by atoms with E-state index in [9.17, 15) is 9.90 Å². The lowest BCUT2D eigenvalue weighted by Gasteiger charge is -2.37. The summed E-state index contributed by atoms with van der Waals surface area (Å²) in [6.07, 6.45) is 6.21. The maximum atomic E-state index is 13.4. The van der Waals surface area contributed by atoms with Gasteiger partial charge >= 0.3 is 0 Å². The lowest BCUT2D eigenvalue weighted by atomic mass is 10.0. The Morgan fingerprint density at radius 1 is 1.32 bits per heavy atom. The Morgan fingerprint density at radius 2 is 2.09 bits per heavy atom. The summed E-state index contributed by atoms with van der Waals surface area (Å²) >= 11 is 1.73. The van der Waals surface area contributed by atoms with Crippen LogP contribution in [0, 0.1) is 12.3 Å². The highest BCUT2D eigenvalue weighted by Gasteiger charge is 2.33. The number of terminal acetylenes is 1. The Hall–Kier alpha value is -2.57. The molecule has 2 heterocycles. The second-order valence-corrected chi connectivity index (χ2v) is 9.25. The van der Waals surface area contributed by atoms with Gasteiger partial charge < -0.3 is 24.2 Å². The Balaban J connectivity index is 1.66. The summed E-state index contributed by atoms with van der Waals surface area (Å²) in [6, 6.07) is 9.39. The molecular weight excluding hydrogens is 452 g/mol. The van der Waals surface area contributed by atoms with E-state index in [0.717, 1.165) is 29.9 Å². The average molecular weight is 487 g/mol. The van der Waals surface area contributed by atoms with Gasteiger partial charge in [0.1, 0.15) is 24.7 Å². The normalized spacial score (nSPS) is 16.1. The number of thiophene rings is 1. The van der Waals surface area contributed by atoms with Crippen LogP contribution < -0.4 is 9.47 Å². The maximum absolute atomic E-state index is 13.4. The molecule has 0 aliphatic carbocycles. The zero-order valence-corrected chi connectivity index (χ0v) is 20.8. The van der Waals surface area contributed by atoms with Crippen LogP contribution in [0.1, 0.15) is 29.8 Å². The van der Waals surface area contributed by atoms with Gasteiger partial charge in [0.15, 0.2) is 0 Å². The number of methoxy groups -OCH3 is 1. The van der Waals surface area contributed by atoms with E-state index in [1.165, 1.54) is 4.88 Å². The molecule has 2 atom stereocenters. The van der Waals surface area contributed by atoms with Gasteiger partial charge in [0, 0.05) is 18.0 Å². The van der Waals surface area contributed by atoms with Crippen LogP contribution in [-0.2, 0) is 16.0 Å². The molecular formula is C26H34N2O5S. The van der Waals surface area contributed by atoms with E-state index in [1.807, 2.05) is 34.1 Å². The Labute approximate surface area is 206 Å². The molecule has 8 heteroatoms. The van der Waals surface area contributed by atoms with Gasteiger partial charge in [0.25, 0.3) is 0 Å². The number of aliphatic hydroxyl groups is 1. The highest BCUT2D eigenvalue weighted by molar-refractivity contribution is 7.10. The number of carbonyl (C=O) groups excluding carboxylic acids is 1. The molecule has 2 unspecified atom stereocenters. The molecule has 1 amide bonds. The number of hydrogen-bond donors (Lipinski definition) is 1. The Bertz CT molecular complexity index is 939. The van der Waals surface area contributed by atoms with Crippen molar-refractivity contribution in [3.05, 3.63) is 46.2 Å². The fourth-order valence-electron chi connectivity index (χ4n) is 4.16. The molecule has 0 saturated heterocycles. The third kappa shape index (κ3) is 7.21. The molecule has 1 N–H and O–H groups in total. The van der Waals surface area contributed by atoms with Crippen LogP contribution in [0.15, 0.2) is 35.7 Å². The van der Waals surface area contributed by atoms with Crippen molar-refractivity contribution in [3.8, 4) is 23.8 Å². The Morgan fingerprint density at radius 3 is 2.79 bits per heavy atom. The van der Waals surface area contributed by atoms with Crippen molar-refractivity contribution in [2.75, 3.05) is 53.1 Å². The van der Waals surface area contributed by atoms with E-state index in [-0.39, 0.29) is 31.7 Å². The summed E-state index contributed by atoms with van der Waals surface area (Å²) in [5, 5.41) is 12.4. The van der Waals surface area contributed by atoms with E-state index >= 15 is 0 Å². The van der Waals surface area contributed by atoms with Crippen molar-refractivity contribution in [1.29, 1.82) is 0 Å². The van der Waals surface area contributed by atoms with Crippen molar-refractivity contribution in [2.24, 2.45) is 0 Å². The number of fused-ring (bicyclic) bond motifs is 1. The van der Waals surface area contributed by atoms with Crippen LogP contribution >= 0.6 is 11.3 Å². The zero-order valence-electron chi connectivity index (χ0n) is 19.9. The van der Waals surface area contributed by atoms with Gasteiger partial charge in [-0.1, -0.05) is 12.8 Å². The number of benzene rings is 1. The largest absolute Gasteiger partial charge is 0.497 e.